The molecular weight excluding hydrogens is 220 g/mol. The van der Waals surface area contributed by atoms with E-state index < -0.39 is 5.92 Å². The Morgan fingerprint density at radius 3 is 2.18 bits per heavy atom. The summed E-state index contributed by atoms with van der Waals surface area (Å²) in [5, 5.41) is 18.3. The summed E-state index contributed by atoms with van der Waals surface area (Å²) in [7, 11) is 0. The highest BCUT2D eigenvalue weighted by Crippen LogP contribution is 2.54. The zero-order chi connectivity index (χ0) is 12.2. The zero-order valence-corrected chi connectivity index (χ0v) is 9.24. The van der Waals surface area contributed by atoms with Crippen LogP contribution in [0, 0.1) is 35.0 Å². The first-order chi connectivity index (χ1) is 8.13. The minimum absolute atomic E-state index is 0.0107. The monoisotopic (exact) mass is 233 g/mol. The first-order valence-electron chi connectivity index (χ1n) is 5.94. The van der Waals surface area contributed by atoms with Gasteiger partial charge in [0.25, 0.3) is 0 Å². The Kier molecular flexibility index (Phi) is 2.09. The van der Waals surface area contributed by atoms with Crippen molar-refractivity contribution in [1.29, 1.82) is 5.39 Å². The summed E-state index contributed by atoms with van der Waals surface area (Å²) in [5.74, 6) is -0.739. The number of ketones is 2. The van der Waals surface area contributed by atoms with Crippen LogP contribution >= 0.6 is 0 Å². The molecule has 4 bridgehead atoms. The van der Waals surface area contributed by atoms with Crippen LogP contribution in [0.4, 0.5) is 0 Å². The van der Waals surface area contributed by atoms with Gasteiger partial charge in [-0.3, -0.25) is 9.59 Å². The van der Waals surface area contributed by atoms with Crippen LogP contribution in [0.2, 0.25) is 0 Å². The van der Waals surface area contributed by atoms with Crippen LogP contribution < -0.4 is 0 Å². The lowest BCUT2D eigenvalue weighted by Gasteiger charge is -2.51. The first-order valence-corrected chi connectivity index (χ1v) is 5.94. The molecule has 88 valence electrons. The van der Waals surface area contributed by atoms with Crippen molar-refractivity contribution in [2.45, 2.75) is 19.3 Å². The third-order valence-electron chi connectivity index (χ3n) is 4.58. The normalized spacial score (nSPS) is 43.9. The minimum Gasteiger partial charge on any atom is -0.505 e. The number of rotatable bonds is 1. The van der Waals surface area contributed by atoms with Crippen molar-refractivity contribution in [1.82, 2.24) is 0 Å². The number of carbonyl (C=O) groups is 2. The van der Waals surface area contributed by atoms with E-state index in [1.54, 1.807) is 0 Å². The van der Waals surface area contributed by atoms with Gasteiger partial charge in [0, 0.05) is 29.6 Å². The summed E-state index contributed by atoms with van der Waals surface area (Å²) >= 11 is 0. The average molecular weight is 233 g/mol. The molecular formula is C12H13N2O3+. The predicted molar refractivity (Wildman–Crippen MR) is 57.1 cm³/mol. The zero-order valence-electron chi connectivity index (χ0n) is 9.24. The summed E-state index contributed by atoms with van der Waals surface area (Å²) in [4.78, 5) is 26.9. The maximum absolute atomic E-state index is 12.1. The number of aliphatic hydroxyl groups is 1. The fourth-order valence-corrected chi connectivity index (χ4v) is 3.94. The Labute approximate surface area is 98.1 Å². The molecule has 5 heteroatoms. The van der Waals surface area contributed by atoms with Gasteiger partial charge in [0.1, 0.15) is 11.6 Å². The lowest BCUT2D eigenvalue weighted by atomic mass is 9.50. The van der Waals surface area contributed by atoms with Crippen LogP contribution in [-0.2, 0) is 9.59 Å². The standard InChI is InChI=1S/C12H12N2O3/c13-14-4-9(15)10-7-2-5-1-6(12(7)17)3-8(10)11(5)16/h4-8,10H,1-3H2/p+1/b9-4-. The Bertz CT molecular complexity index is 449. The second-order valence-electron chi connectivity index (χ2n) is 5.31. The van der Waals surface area contributed by atoms with Crippen LogP contribution in [0.3, 0.4) is 0 Å². The Morgan fingerprint density at radius 1 is 1.18 bits per heavy atom. The van der Waals surface area contributed by atoms with Crippen molar-refractivity contribution in [3.05, 3.63) is 16.9 Å². The van der Waals surface area contributed by atoms with Crippen molar-refractivity contribution in [3.63, 3.8) is 0 Å². The summed E-state index contributed by atoms with van der Waals surface area (Å²) < 4.78 is 0. The molecule has 0 heterocycles. The van der Waals surface area contributed by atoms with Gasteiger partial charge in [-0.05, 0) is 19.3 Å². The van der Waals surface area contributed by atoms with E-state index in [2.05, 4.69) is 4.98 Å². The van der Waals surface area contributed by atoms with Gasteiger partial charge < -0.3 is 5.11 Å². The molecule has 0 aromatic rings. The molecule has 1 N–H and O–H groups in total. The van der Waals surface area contributed by atoms with Crippen LogP contribution in [0.1, 0.15) is 19.3 Å². The molecule has 4 rings (SSSR count). The summed E-state index contributed by atoms with van der Waals surface area (Å²) in [6.07, 6.45) is 2.75. The molecule has 4 aliphatic carbocycles. The van der Waals surface area contributed by atoms with Crippen molar-refractivity contribution in [3.8, 4) is 0 Å². The van der Waals surface area contributed by atoms with E-state index in [-0.39, 0.29) is 41.0 Å². The Morgan fingerprint density at radius 2 is 1.71 bits per heavy atom. The van der Waals surface area contributed by atoms with Crippen LogP contribution in [0.15, 0.2) is 12.0 Å². The summed E-state index contributed by atoms with van der Waals surface area (Å²) in [6.45, 7) is 0. The predicted octanol–water partition coefficient (Wildman–Crippen LogP) is 1.67. The molecule has 0 saturated heterocycles. The smallest absolute Gasteiger partial charge is 0.387 e. The van der Waals surface area contributed by atoms with E-state index in [9.17, 15) is 14.7 Å². The average Bonchev–Trinajstić information content (AvgIpc) is 2.27. The summed E-state index contributed by atoms with van der Waals surface area (Å²) in [6, 6.07) is 0. The van der Waals surface area contributed by atoms with Gasteiger partial charge in [0.05, 0.1) is 0 Å². The van der Waals surface area contributed by atoms with Gasteiger partial charge in [-0.2, -0.15) is 0 Å². The third kappa shape index (κ3) is 1.27. The number of allylic oxidation sites excluding steroid dienone is 1. The summed E-state index contributed by atoms with van der Waals surface area (Å²) in [5.41, 5.74) is 0. The first kappa shape index (κ1) is 10.5. The van der Waals surface area contributed by atoms with E-state index in [0.717, 1.165) is 6.20 Å². The fourth-order valence-electron chi connectivity index (χ4n) is 3.94. The fraction of sp³-hybridized carbons (Fsp3) is 0.667. The number of hydrogen-bond acceptors (Lipinski definition) is 4. The lowest BCUT2D eigenvalue weighted by molar-refractivity contribution is -0.157. The molecule has 17 heavy (non-hydrogen) atoms. The second-order valence-corrected chi connectivity index (χ2v) is 5.31. The highest BCUT2D eigenvalue weighted by Gasteiger charge is 2.58. The van der Waals surface area contributed by atoms with Gasteiger partial charge >= 0.3 is 6.20 Å². The van der Waals surface area contributed by atoms with E-state index in [1.165, 1.54) is 0 Å². The van der Waals surface area contributed by atoms with Crippen molar-refractivity contribution in [2.24, 2.45) is 29.6 Å². The second kappa shape index (κ2) is 3.39. The molecule has 0 aromatic heterocycles. The van der Waals surface area contributed by atoms with Crippen molar-refractivity contribution in [2.75, 3.05) is 0 Å². The number of carbonyl (C=O) groups excluding carboxylic acids is 2. The lowest BCUT2D eigenvalue weighted by Crippen LogP contribution is -2.56. The number of hydrogen-bond donors (Lipinski definition) is 1. The van der Waals surface area contributed by atoms with Crippen LogP contribution in [0.25, 0.3) is 4.98 Å². The third-order valence-corrected chi connectivity index (χ3v) is 4.58. The highest BCUT2D eigenvalue weighted by atomic mass is 16.3. The maximum Gasteiger partial charge on any atom is 0.387 e. The van der Waals surface area contributed by atoms with E-state index in [1.807, 2.05) is 0 Å². The molecule has 4 unspecified atom stereocenters. The molecule has 0 amide bonds. The SMILES string of the molecule is N#[N+]/C=C(\O)C1C2CC3CC(CC1C3=O)C2=O. The van der Waals surface area contributed by atoms with Gasteiger partial charge in [-0.25, -0.2) is 0 Å². The van der Waals surface area contributed by atoms with E-state index in [4.69, 9.17) is 5.39 Å². The van der Waals surface area contributed by atoms with Crippen molar-refractivity contribution < 1.29 is 14.7 Å². The van der Waals surface area contributed by atoms with Gasteiger partial charge in [0.15, 0.2) is 10.7 Å². The molecule has 4 aliphatic rings. The number of diazo groups is 1. The number of Topliss-reactive ketones (excluding diaryl/α,β-unsaturated/α-hetero) is 2. The Hall–Kier alpha value is -1.70. The molecule has 0 aromatic carbocycles. The van der Waals surface area contributed by atoms with Crippen LogP contribution in [-0.4, -0.2) is 16.7 Å². The number of aliphatic hydroxyl groups excluding tert-OH is 1. The highest BCUT2D eigenvalue weighted by molar-refractivity contribution is 5.96. The maximum atomic E-state index is 12.1. The van der Waals surface area contributed by atoms with Crippen molar-refractivity contribution >= 4 is 11.6 Å². The minimum atomic E-state index is -0.460. The quantitative estimate of drug-likeness (QED) is 0.551. The molecule has 4 fully saturated rings. The van der Waals surface area contributed by atoms with Crippen LogP contribution in [0.5, 0.6) is 0 Å². The molecule has 0 aliphatic heterocycles. The molecule has 4 saturated carbocycles. The Balaban J connectivity index is 2.01. The van der Waals surface area contributed by atoms with E-state index in [0.29, 0.717) is 19.3 Å². The van der Waals surface area contributed by atoms with Gasteiger partial charge in [-0.15, -0.1) is 0 Å². The van der Waals surface area contributed by atoms with Gasteiger partial charge in [0.2, 0.25) is 5.39 Å². The topological polar surface area (TPSA) is 82.5 Å². The molecule has 0 radical (unpaired) electrons. The van der Waals surface area contributed by atoms with Gasteiger partial charge in [-0.1, -0.05) is 0 Å². The largest absolute Gasteiger partial charge is 0.505 e. The molecule has 4 atom stereocenters. The number of nitrogens with zero attached hydrogens (tertiary/aromatic N) is 2. The van der Waals surface area contributed by atoms with E-state index >= 15 is 0 Å². The molecule has 5 nitrogen and oxygen atoms in total. The molecule has 0 spiro atoms.